The normalized spacial score (nSPS) is 24.6. The van der Waals surface area contributed by atoms with Crippen molar-refractivity contribution in [1.29, 1.82) is 0 Å². The number of piperidine rings is 1. The molecule has 138 valence electrons. The average molecular weight is 357 g/mol. The molecule has 4 rings (SSSR count). The minimum absolute atomic E-state index is 0.0512. The Morgan fingerprint density at radius 1 is 1.27 bits per heavy atom. The summed E-state index contributed by atoms with van der Waals surface area (Å²) in [6.45, 7) is 4.86. The van der Waals surface area contributed by atoms with E-state index in [0.717, 1.165) is 38.9 Å². The van der Waals surface area contributed by atoms with E-state index in [9.17, 15) is 4.79 Å². The molecular weight excluding hydrogens is 334 g/mol. The van der Waals surface area contributed by atoms with Gasteiger partial charge in [0.05, 0.1) is 5.56 Å². The number of rotatable bonds is 3. The Morgan fingerprint density at radius 3 is 2.81 bits per heavy atom. The van der Waals surface area contributed by atoms with Gasteiger partial charge >= 0.3 is 0 Å². The second-order valence-corrected chi connectivity index (χ2v) is 7.36. The van der Waals surface area contributed by atoms with Gasteiger partial charge in [0.2, 0.25) is 5.89 Å². The number of aromatic nitrogens is 4. The second kappa shape index (κ2) is 7.11. The Balaban J connectivity index is 1.50. The van der Waals surface area contributed by atoms with Crippen LogP contribution >= 0.6 is 0 Å². The molecule has 0 N–H and O–H groups in total. The predicted octanol–water partition coefficient (Wildman–Crippen LogP) is 1.95. The molecule has 1 unspecified atom stereocenters. The molecular formula is C18H23N5O3. The van der Waals surface area contributed by atoms with Crippen molar-refractivity contribution in [3.8, 4) is 0 Å². The third kappa shape index (κ3) is 3.33. The van der Waals surface area contributed by atoms with E-state index in [1.165, 1.54) is 6.33 Å². The fourth-order valence-electron chi connectivity index (χ4n) is 3.78. The topological polar surface area (TPSA) is 94.2 Å². The number of likely N-dealkylation sites (tertiary alicyclic amines) is 1. The van der Waals surface area contributed by atoms with Gasteiger partial charge in [0.1, 0.15) is 6.33 Å². The van der Waals surface area contributed by atoms with E-state index in [2.05, 4.69) is 22.0 Å². The molecule has 0 radical (unpaired) electrons. The fourth-order valence-corrected chi connectivity index (χ4v) is 3.78. The maximum atomic E-state index is 12.7. The molecule has 1 atom stereocenters. The monoisotopic (exact) mass is 357 g/mol. The lowest BCUT2D eigenvalue weighted by Crippen LogP contribution is -2.47. The van der Waals surface area contributed by atoms with Crippen molar-refractivity contribution < 1.29 is 14.1 Å². The Labute approximate surface area is 152 Å². The summed E-state index contributed by atoms with van der Waals surface area (Å²) in [7, 11) is 0. The Hall–Kier alpha value is -2.35. The number of hydrogen-bond donors (Lipinski definition) is 0. The summed E-state index contributed by atoms with van der Waals surface area (Å²) in [6, 6.07) is 0. The maximum Gasteiger partial charge on any atom is 0.257 e. The molecule has 4 heterocycles. The van der Waals surface area contributed by atoms with Crippen LogP contribution in [-0.2, 0) is 10.2 Å². The minimum atomic E-state index is -0.309. The summed E-state index contributed by atoms with van der Waals surface area (Å²) in [6.07, 6.45) is 8.19. The lowest BCUT2D eigenvalue weighted by molar-refractivity contribution is 0.0641. The molecule has 1 amide bonds. The van der Waals surface area contributed by atoms with E-state index in [1.54, 1.807) is 12.4 Å². The maximum absolute atomic E-state index is 12.7. The van der Waals surface area contributed by atoms with Crippen LogP contribution in [0.5, 0.6) is 0 Å². The zero-order valence-corrected chi connectivity index (χ0v) is 14.9. The van der Waals surface area contributed by atoms with Gasteiger partial charge in [0, 0.05) is 50.0 Å². The van der Waals surface area contributed by atoms with Crippen molar-refractivity contribution in [1.82, 2.24) is 25.0 Å². The predicted molar refractivity (Wildman–Crippen MR) is 91.6 cm³/mol. The van der Waals surface area contributed by atoms with E-state index in [-0.39, 0.29) is 17.2 Å². The highest BCUT2D eigenvalue weighted by Gasteiger charge is 2.39. The van der Waals surface area contributed by atoms with Gasteiger partial charge in [-0.2, -0.15) is 4.98 Å². The van der Waals surface area contributed by atoms with Crippen LogP contribution in [0, 0.1) is 0 Å². The zero-order valence-electron chi connectivity index (χ0n) is 14.9. The van der Waals surface area contributed by atoms with Gasteiger partial charge in [0.15, 0.2) is 5.82 Å². The second-order valence-electron chi connectivity index (χ2n) is 7.36. The van der Waals surface area contributed by atoms with Gasteiger partial charge in [-0.3, -0.25) is 4.79 Å². The third-order valence-corrected chi connectivity index (χ3v) is 5.34. The average Bonchev–Trinajstić information content (AvgIpc) is 3.20. The van der Waals surface area contributed by atoms with Crippen LogP contribution in [0.25, 0.3) is 0 Å². The summed E-state index contributed by atoms with van der Waals surface area (Å²) in [5.74, 6) is 1.62. The van der Waals surface area contributed by atoms with Crippen LogP contribution in [0.3, 0.4) is 0 Å². The quantitative estimate of drug-likeness (QED) is 0.828. The summed E-state index contributed by atoms with van der Waals surface area (Å²) in [4.78, 5) is 27.2. The van der Waals surface area contributed by atoms with Gasteiger partial charge in [-0.15, -0.1) is 0 Å². The van der Waals surface area contributed by atoms with Gasteiger partial charge in [-0.25, -0.2) is 9.97 Å². The van der Waals surface area contributed by atoms with Gasteiger partial charge in [-0.1, -0.05) is 12.1 Å². The standard InChI is InChI=1S/C18H23N5O3/c1-18(17-21-15(26-22-17)13-3-7-25-8-4-13)5-2-6-23(11-18)16(24)14-9-19-12-20-10-14/h9-10,12-13H,2-8,11H2,1H3. The van der Waals surface area contributed by atoms with Crippen molar-refractivity contribution in [2.24, 2.45) is 0 Å². The van der Waals surface area contributed by atoms with Crippen LogP contribution in [0.2, 0.25) is 0 Å². The molecule has 2 aromatic rings. The van der Waals surface area contributed by atoms with Crippen molar-refractivity contribution in [3.05, 3.63) is 36.0 Å². The number of amides is 1. The van der Waals surface area contributed by atoms with Gasteiger partial charge < -0.3 is 14.2 Å². The van der Waals surface area contributed by atoms with E-state index >= 15 is 0 Å². The Morgan fingerprint density at radius 2 is 2.04 bits per heavy atom. The summed E-state index contributed by atoms with van der Waals surface area (Å²) >= 11 is 0. The zero-order chi connectivity index (χ0) is 18.0. The number of carbonyl (C=O) groups is 1. The van der Waals surface area contributed by atoms with Gasteiger partial charge in [-0.05, 0) is 25.7 Å². The largest absolute Gasteiger partial charge is 0.381 e. The Bertz CT molecular complexity index is 759. The first-order chi connectivity index (χ1) is 12.7. The number of carbonyl (C=O) groups excluding carboxylic acids is 1. The highest BCUT2D eigenvalue weighted by Crippen LogP contribution is 2.34. The first-order valence-corrected chi connectivity index (χ1v) is 9.12. The van der Waals surface area contributed by atoms with Crippen molar-refractivity contribution >= 4 is 5.91 Å². The molecule has 0 saturated carbocycles. The molecule has 0 spiro atoms. The summed E-state index contributed by atoms with van der Waals surface area (Å²) < 4.78 is 11.0. The molecule has 2 aliphatic heterocycles. The lowest BCUT2D eigenvalue weighted by Gasteiger charge is -2.38. The molecule has 0 bridgehead atoms. The molecule has 2 saturated heterocycles. The molecule has 8 nitrogen and oxygen atoms in total. The highest BCUT2D eigenvalue weighted by atomic mass is 16.5. The molecule has 2 aliphatic rings. The first kappa shape index (κ1) is 17.1. The van der Waals surface area contributed by atoms with Crippen LogP contribution < -0.4 is 0 Å². The van der Waals surface area contributed by atoms with Crippen LogP contribution in [0.1, 0.15) is 60.6 Å². The van der Waals surface area contributed by atoms with Crippen LogP contribution in [0.4, 0.5) is 0 Å². The molecule has 2 fully saturated rings. The Kier molecular flexibility index (Phi) is 4.67. The third-order valence-electron chi connectivity index (χ3n) is 5.34. The molecule has 8 heteroatoms. The van der Waals surface area contributed by atoms with E-state index < -0.39 is 0 Å². The minimum Gasteiger partial charge on any atom is -0.381 e. The van der Waals surface area contributed by atoms with Crippen molar-refractivity contribution in [3.63, 3.8) is 0 Å². The molecule has 26 heavy (non-hydrogen) atoms. The highest BCUT2D eigenvalue weighted by molar-refractivity contribution is 5.93. The van der Waals surface area contributed by atoms with Crippen LogP contribution in [0.15, 0.2) is 23.2 Å². The first-order valence-electron chi connectivity index (χ1n) is 9.12. The lowest BCUT2D eigenvalue weighted by atomic mass is 9.81. The summed E-state index contributed by atoms with van der Waals surface area (Å²) in [5.41, 5.74) is 0.198. The summed E-state index contributed by atoms with van der Waals surface area (Å²) in [5, 5.41) is 4.26. The SMILES string of the molecule is CC1(c2noc(C3CCOCC3)n2)CCCN(C(=O)c2cncnc2)C1. The van der Waals surface area contributed by atoms with Crippen LogP contribution in [-0.4, -0.2) is 57.2 Å². The fraction of sp³-hybridized carbons (Fsp3) is 0.611. The van der Waals surface area contributed by atoms with Crippen molar-refractivity contribution in [2.75, 3.05) is 26.3 Å². The van der Waals surface area contributed by atoms with E-state index in [0.29, 0.717) is 30.4 Å². The smallest absolute Gasteiger partial charge is 0.257 e. The van der Waals surface area contributed by atoms with E-state index in [1.807, 2.05) is 4.90 Å². The molecule has 2 aromatic heterocycles. The number of ether oxygens (including phenoxy) is 1. The van der Waals surface area contributed by atoms with E-state index in [4.69, 9.17) is 14.2 Å². The molecule has 0 aliphatic carbocycles. The number of nitrogens with zero attached hydrogens (tertiary/aromatic N) is 5. The van der Waals surface area contributed by atoms with Crippen molar-refractivity contribution in [2.45, 2.75) is 43.9 Å². The van der Waals surface area contributed by atoms with Gasteiger partial charge in [0.25, 0.3) is 5.91 Å². The number of hydrogen-bond acceptors (Lipinski definition) is 7. The molecule has 0 aromatic carbocycles.